The van der Waals surface area contributed by atoms with Gasteiger partial charge >= 0.3 is 135 Å². The topological polar surface area (TPSA) is 78.8 Å². The second kappa shape index (κ2) is 6.76. The molecule has 3 N–H and O–H groups in total. The van der Waals surface area contributed by atoms with Crippen LogP contribution in [0.1, 0.15) is 39.4 Å². The van der Waals surface area contributed by atoms with E-state index in [1.165, 1.54) is 0 Å². The fourth-order valence-corrected chi connectivity index (χ4v) is 2.48. The quantitative estimate of drug-likeness (QED) is 0.590. The Labute approximate surface area is 135 Å². The zero-order valence-corrected chi connectivity index (χ0v) is 17.8. The van der Waals surface area contributed by atoms with Crippen molar-refractivity contribution in [2.24, 2.45) is 0 Å². The Hall–Kier alpha value is -0.815. The first-order chi connectivity index (χ1) is 9.10. The molecule has 1 aromatic rings. The first-order valence-corrected chi connectivity index (χ1v) is 9.17. The molecular formula is C14H20HgNO4. The van der Waals surface area contributed by atoms with Crippen LogP contribution in [0.4, 0.5) is 4.79 Å². The number of nitrogens with one attached hydrogen (secondary N) is 1. The van der Waals surface area contributed by atoms with Gasteiger partial charge in [-0.3, -0.25) is 0 Å². The van der Waals surface area contributed by atoms with E-state index in [0.717, 1.165) is 3.07 Å². The number of amides is 1. The number of aromatic hydroxyl groups is 1. The van der Waals surface area contributed by atoms with Crippen LogP contribution in [0.2, 0.25) is 0 Å². The fourth-order valence-electron chi connectivity index (χ4n) is 1.63. The number of phenolic OH excluding ortho intramolecular Hbond substituents is 1. The van der Waals surface area contributed by atoms with E-state index >= 15 is 0 Å². The van der Waals surface area contributed by atoms with Crippen LogP contribution in [-0.4, -0.2) is 27.9 Å². The monoisotopic (exact) mass is 468 g/mol. The van der Waals surface area contributed by atoms with Crippen molar-refractivity contribution in [3.05, 3.63) is 23.8 Å². The Balaban J connectivity index is 2.69. The average molecular weight is 467 g/mol. The van der Waals surface area contributed by atoms with Crippen molar-refractivity contribution in [2.75, 3.05) is 0 Å². The summed E-state index contributed by atoms with van der Waals surface area (Å²) >= 11 is 0.324. The molecule has 0 aliphatic rings. The molecule has 0 aliphatic heterocycles. The van der Waals surface area contributed by atoms with Crippen molar-refractivity contribution < 1.29 is 45.9 Å². The summed E-state index contributed by atoms with van der Waals surface area (Å²) < 4.78 is 6.06. The Morgan fingerprint density at radius 2 is 2.00 bits per heavy atom. The van der Waals surface area contributed by atoms with Gasteiger partial charge in [-0.2, -0.15) is 0 Å². The number of carbonyl (C=O) groups is 1. The van der Waals surface area contributed by atoms with E-state index in [0.29, 0.717) is 31.7 Å². The summed E-state index contributed by atoms with van der Waals surface area (Å²) in [5, 5.41) is 22.5. The summed E-state index contributed by atoms with van der Waals surface area (Å²) in [6.07, 6.45) is -1.47. The van der Waals surface area contributed by atoms with Gasteiger partial charge in [0.1, 0.15) is 0 Å². The van der Waals surface area contributed by atoms with Gasteiger partial charge in [0.2, 0.25) is 0 Å². The number of benzene rings is 1. The molecule has 0 saturated heterocycles. The second-order valence-electron chi connectivity index (χ2n) is 5.77. The van der Waals surface area contributed by atoms with Gasteiger partial charge in [-0.05, 0) is 0 Å². The molecule has 0 heterocycles. The summed E-state index contributed by atoms with van der Waals surface area (Å²) in [7, 11) is 0. The van der Waals surface area contributed by atoms with Gasteiger partial charge in [-0.15, -0.1) is 0 Å². The molecule has 0 saturated carbocycles. The minimum absolute atomic E-state index is 0.203. The number of carbonyl (C=O) groups excluding carboxylic acids is 1. The van der Waals surface area contributed by atoms with Crippen molar-refractivity contribution in [3.63, 3.8) is 0 Å². The molecule has 0 aliphatic carbocycles. The fraction of sp³-hybridized carbons (Fsp3) is 0.500. The summed E-state index contributed by atoms with van der Waals surface area (Å²) in [4.78, 5) is 11.6. The van der Waals surface area contributed by atoms with E-state index in [-0.39, 0.29) is 5.75 Å². The number of ether oxygens (including phenoxy) is 1. The number of rotatable bonds is 3. The van der Waals surface area contributed by atoms with E-state index in [9.17, 15) is 15.0 Å². The Kier molecular flexibility index (Phi) is 5.83. The number of hydrogen-bond donors (Lipinski definition) is 3. The molecule has 1 rings (SSSR count). The van der Waals surface area contributed by atoms with E-state index in [4.69, 9.17) is 4.74 Å². The summed E-state index contributed by atoms with van der Waals surface area (Å²) in [6, 6.07) is 4.59. The van der Waals surface area contributed by atoms with Gasteiger partial charge in [0.25, 0.3) is 0 Å². The third-order valence-corrected chi connectivity index (χ3v) is 4.99. The van der Waals surface area contributed by atoms with Gasteiger partial charge in [0, 0.05) is 0 Å². The Morgan fingerprint density at radius 1 is 1.40 bits per heavy atom. The first kappa shape index (κ1) is 17.2. The van der Waals surface area contributed by atoms with Crippen LogP contribution in [0.25, 0.3) is 0 Å². The number of aliphatic hydroxyl groups excluding tert-OH is 1. The predicted molar refractivity (Wildman–Crippen MR) is 71.5 cm³/mol. The molecule has 0 fully saturated rings. The molecule has 2 atom stereocenters. The van der Waals surface area contributed by atoms with Crippen LogP contribution < -0.4 is 8.39 Å². The normalized spacial score (nSPS) is 14.6. The van der Waals surface area contributed by atoms with Crippen LogP contribution in [-0.2, 0) is 30.9 Å². The van der Waals surface area contributed by atoms with Crippen molar-refractivity contribution >= 4 is 9.17 Å². The summed E-state index contributed by atoms with van der Waals surface area (Å²) in [5.74, 6) is 0.203. The molecule has 0 spiro atoms. The Morgan fingerprint density at radius 3 is 2.50 bits per heavy atom. The molecule has 1 amide bonds. The van der Waals surface area contributed by atoms with Crippen LogP contribution >= 0.6 is 0 Å². The number of alkyl carbamates (subject to hydrolysis) is 1. The number of hydrogen-bond acceptors (Lipinski definition) is 4. The van der Waals surface area contributed by atoms with Crippen molar-refractivity contribution in [2.45, 2.75) is 45.4 Å². The summed E-state index contributed by atoms with van der Waals surface area (Å²) in [6.45, 7) is 7.01. The van der Waals surface area contributed by atoms with Crippen molar-refractivity contribution in [3.8, 4) is 5.75 Å². The number of aliphatic hydroxyl groups is 1. The molecule has 0 aromatic heterocycles. The summed E-state index contributed by atoms with van der Waals surface area (Å²) in [5.41, 5.74) is -0.0103. The van der Waals surface area contributed by atoms with Crippen LogP contribution in [0.3, 0.4) is 0 Å². The van der Waals surface area contributed by atoms with Gasteiger partial charge in [0.05, 0.1) is 0 Å². The van der Waals surface area contributed by atoms with Crippen LogP contribution in [0, 0.1) is 0 Å². The SMILES string of the molecule is C[C@H](NC(=O)OC(C)(C)C)[C@H](O)c1cc[c]([Hg])c(O)c1. The van der Waals surface area contributed by atoms with E-state index in [2.05, 4.69) is 5.32 Å². The molecule has 0 radical (unpaired) electrons. The Bertz CT molecular complexity index is 485. The zero-order chi connectivity index (χ0) is 15.5. The van der Waals surface area contributed by atoms with Crippen LogP contribution in [0.5, 0.6) is 5.75 Å². The molecule has 6 heteroatoms. The molecule has 0 bridgehead atoms. The second-order valence-corrected chi connectivity index (χ2v) is 8.73. The maximum absolute atomic E-state index is 11.6. The molecular weight excluding hydrogens is 447 g/mol. The van der Waals surface area contributed by atoms with E-state index < -0.39 is 23.8 Å². The third-order valence-electron chi connectivity index (χ3n) is 2.67. The minimum atomic E-state index is -0.901. The standard InChI is InChI=1S/C14H20NO4.Hg/c1-9(15-13(18)19-14(2,3)4)12(17)10-6-5-7-11(16)8-10;/h5-6,8-9,12,16-17H,1-4H3,(H,15,18);/t9-,12-;/m0./s1. The van der Waals surface area contributed by atoms with Gasteiger partial charge < -0.3 is 0 Å². The molecule has 107 valence electrons. The van der Waals surface area contributed by atoms with Gasteiger partial charge in [-0.1, -0.05) is 0 Å². The molecule has 20 heavy (non-hydrogen) atoms. The molecule has 0 unspecified atom stereocenters. The van der Waals surface area contributed by atoms with E-state index in [1.807, 2.05) is 0 Å². The zero-order valence-electron chi connectivity index (χ0n) is 12.3. The van der Waals surface area contributed by atoms with E-state index in [1.54, 1.807) is 45.9 Å². The molecule has 5 nitrogen and oxygen atoms in total. The van der Waals surface area contributed by atoms with Crippen molar-refractivity contribution in [1.82, 2.24) is 5.32 Å². The predicted octanol–water partition coefficient (Wildman–Crippen LogP) is 1.51. The number of phenols is 1. The average Bonchev–Trinajstić information content (AvgIpc) is 2.29. The van der Waals surface area contributed by atoms with Crippen LogP contribution in [0.15, 0.2) is 18.2 Å². The van der Waals surface area contributed by atoms with Gasteiger partial charge in [-0.25, -0.2) is 0 Å². The molecule has 1 aromatic carbocycles. The van der Waals surface area contributed by atoms with Gasteiger partial charge in [0.15, 0.2) is 0 Å². The van der Waals surface area contributed by atoms with Crippen molar-refractivity contribution in [1.29, 1.82) is 0 Å². The maximum atomic E-state index is 11.6. The third kappa shape index (κ3) is 5.29. The first-order valence-electron chi connectivity index (χ1n) is 6.42.